The molecule has 0 spiro atoms. The van der Waals surface area contributed by atoms with Crippen molar-refractivity contribution >= 4 is 40.4 Å². The summed E-state index contributed by atoms with van der Waals surface area (Å²) in [6.07, 6.45) is 7.97. The number of H-pyrrole nitrogens is 1. The van der Waals surface area contributed by atoms with Gasteiger partial charge in [0.2, 0.25) is 0 Å². The lowest BCUT2D eigenvalue weighted by atomic mass is 9.99. The first-order valence-corrected chi connectivity index (χ1v) is 9.39. The summed E-state index contributed by atoms with van der Waals surface area (Å²) in [4.78, 5) is 18.4. The van der Waals surface area contributed by atoms with Crippen LogP contribution in [0.15, 0.2) is 42.7 Å². The number of aromatic amines is 1. The number of pyridine rings is 1. The number of nitrogens with one attached hydrogen (secondary N) is 1. The normalized spacial score (nSPS) is 12.4. The highest BCUT2D eigenvalue weighted by molar-refractivity contribution is 6.27. The number of aldehydes is 1. The third-order valence-corrected chi connectivity index (χ3v) is 5.01. The fourth-order valence-electron chi connectivity index (χ4n) is 3.10. The van der Waals surface area contributed by atoms with Crippen molar-refractivity contribution in [3.63, 3.8) is 0 Å². The van der Waals surface area contributed by atoms with Crippen LogP contribution in [0.1, 0.15) is 30.4 Å². The van der Waals surface area contributed by atoms with Crippen LogP contribution in [0.3, 0.4) is 0 Å². The Morgan fingerprint density at radius 3 is 2.84 bits per heavy atom. The first-order valence-electron chi connectivity index (χ1n) is 8.42. The third-order valence-electron chi connectivity index (χ3n) is 4.38. The summed E-state index contributed by atoms with van der Waals surface area (Å²) in [5, 5.41) is 0.818. The van der Waals surface area contributed by atoms with Gasteiger partial charge in [0.05, 0.1) is 11.1 Å². The minimum Gasteiger partial charge on any atom is -0.354 e. The van der Waals surface area contributed by atoms with Crippen molar-refractivity contribution in [3.8, 4) is 11.3 Å². The zero-order chi connectivity index (χ0) is 17.6. The first kappa shape index (κ1) is 18.0. The number of aryl methyl sites for hydroxylation is 1. The van der Waals surface area contributed by atoms with Crippen LogP contribution in [-0.2, 0) is 17.1 Å². The van der Waals surface area contributed by atoms with Gasteiger partial charge in [0.1, 0.15) is 6.29 Å². The average molecular weight is 375 g/mol. The fraction of sp³-hybridized carbons (Fsp3) is 0.300. The molecular formula is C20H20Cl2N2O. The Hall–Kier alpha value is -1.84. The smallest absolute Gasteiger partial charge is 0.137 e. The number of hydrogen-bond acceptors (Lipinski definition) is 2. The number of hydrogen-bond donors (Lipinski definition) is 1. The Morgan fingerprint density at radius 1 is 1.24 bits per heavy atom. The Bertz CT molecular complexity index is 846. The maximum absolute atomic E-state index is 10.7. The van der Waals surface area contributed by atoms with Gasteiger partial charge in [-0.1, -0.05) is 12.5 Å². The molecule has 0 radical (unpaired) electrons. The molecule has 2 heterocycles. The van der Waals surface area contributed by atoms with Crippen molar-refractivity contribution in [2.75, 3.05) is 0 Å². The molecule has 25 heavy (non-hydrogen) atoms. The summed E-state index contributed by atoms with van der Waals surface area (Å²) in [6, 6.07) is 10.3. The summed E-state index contributed by atoms with van der Waals surface area (Å²) in [5.74, 6) is 0.496. The predicted molar refractivity (Wildman–Crippen MR) is 104 cm³/mol. The molecule has 2 aromatic heterocycles. The number of carbonyl (C=O) groups is 1. The number of fused-ring (bicyclic) bond motifs is 1. The molecule has 0 aliphatic heterocycles. The van der Waals surface area contributed by atoms with E-state index in [0.717, 1.165) is 47.9 Å². The zero-order valence-corrected chi connectivity index (χ0v) is 15.4. The molecule has 1 atom stereocenters. The third kappa shape index (κ3) is 4.23. The van der Waals surface area contributed by atoms with Crippen molar-refractivity contribution in [3.05, 3.63) is 53.9 Å². The molecule has 0 fully saturated rings. The molecule has 3 rings (SSSR count). The van der Waals surface area contributed by atoms with E-state index in [9.17, 15) is 4.79 Å². The number of nitrogens with zero attached hydrogens (tertiary/aromatic N) is 1. The van der Waals surface area contributed by atoms with E-state index in [1.165, 1.54) is 10.9 Å². The Labute approximate surface area is 157 Å². The van der Waals surface area contributed by atoms with Crippen LogP contribution in [0.25, 0.3) is 22.2 Å². The molecule has 130 valence electrons. The molecule has 0 saturated heterocycles. The molecule has 1 aromatic carbocycles. The largest absolute Gasteiger partial charge is 0.354 e. The van der Waals surface area contributed by atoms with Crippen LogP contribution in [0.5, 0.6) is 0 Å². The number of aromatic nitrogens is 2. The number of alkyl halides is 2. The van der Waals surface area contributed by atoms with Gasteiger partial charge in [-0.15, -0.1) is 23.2 Å². The maximum atomic E-state index is 10.7. The van der Waals surface area contributed by atoms with Gasteiger partial charge < -0.3 is 9.78 Å². The number of rotatable bonds is 8. The predicted octanol–water partition coefficient (Wildman–Crippen LogP) is 5.49. The molecule has 0 saturated carbocycles. The number of benzene rings is 1. The Morgan fingerprint density at radius 2 is 2.12 bits per heavy atom. The number of carbonyl (C=O) groups excluding carboxylic acids is 1. The van der Waals surface area contributed by atoms with Crippen molar-refractivity contribution in [1.82, 2.24) is 9.97 Å². The lowest BCUT2D eigenvalue weighted by Gasteiger charge is -2.06. The van der Waals surface area contributed by atoms with Crippen LogP contribution in [-0.4, -0.2) is 21.6 Å². The highest BCUT2D eigenvalue weighted by Gasteiger charge is 2.14. The number of unbranched alkanes of at least 4 members (excludes halogenated alkanes) is 1. The van der Waals surface area contributed by atoms with Crippen LogP contribution >= 0.6 is 23.2 Å². The minimum absolute atomic E-state index is 0.386. The van der Waals surface area contributed by atoms with Gasteiger partial charge in [-0.2, -0.15) is 0 Å². The second kappa shape index (κ2) is 8.50. The highest BCUT2D eigenvalue weighted by Crippen LogP contribution is 2.32. The van der Waals surface area contributed by atoms with E-state index < -0.39 is 0 Å². The summed E-state index contributed by atoms with van der Waals surface area (Å²) in [6.45, 7) is 0. The van der Waals surface area contributed by atoms with Gasteiger partial charge in [0.25, 0.3) is 0 Å². The van der Waals surface area contributed by atoms with Crippen LogP contribution in [0, 0.1) is 0 Å². The molecule has 1 unspecified atom stereocenters. The van der Waals surface area contributed by atoms with E-state index in [1.54, 1.807) is 6.20 Å². The summed E-state index contributed by atoms with van der Waals surface area (Å²) in [7, 11) is 0. The first-order chi connectivity index (χ1) is 12.2. The van der Waals surface area contributed by atoms with Gasteiger partial charge >= 0.3 is 0 Å². The number of halogens is 2. The monoisotopic (exact) mass is 374 g/mol. The second-order valence-corrected chi connectivity index (χ2v) is 6.96. The van der Waals surface area contributed by atoms with E-state index >= 15 is 0 Å². The summed E-state index contributed by atoms with van der Waals surface area (Å²) < 4.78 is 0. The molecule has 0 bridgehead atoms. The van der Waals surface area contributed by atoms with Gasteiger partial charge in [0, 0.05) is 34.7 Å². The van der Waals surface area contributed by atoms with Gasteiger partial charge in [-0.05, 0) is 54.7 Å². The van der Waals surface area contributed by atoms with Crippen LogP contribution in [0.2, 0.25) is 0 Å². The van der Waals surface area contributed by atoms with E-state index in [-0.39, 0.29) is 5.38 Å². The lowest BCUT2D eigenvalue weighted by Crippen LogP contribution is -1.99. The Kier molecular flexibility index (Phi) is 6.11. The van der Waals surface area contributed by atoms with E-state index in [0.29, 0.717) is 12.3 Å². The Balaban J connectivity index is 1.93. The minimum atomic E-state index is -0.386. The highest BCUT2D eigenvalue weighted by atomic mass is 35.5. The second-order valence-electron chi connectivity index (χ2n) is 6.13. The SMILES string of the molecule is O=CC(Cl)CCCCc1c(-c2cccnc2)[nH]c2ccc(CCl)cc12. The van der Waals surface area contributed by atoms with E-state index in [4.69, 9.17) is 23.2 Å². The van der Waals surface area contributed by atoms with E-state index in [1.807, 2.05) is 18.3 Å². The lowest BCUT2D eigenvalue weighted by molar-refractivity contribution is -0.107. The molecule has 3 aromatic rings. The fourth-order valence-corrected chi connectivity index (χ4v) is 3.42. The maximum Gasteiger partial charge on any atom is 0.137 e. The zero-order valence-electron chi connectivity index (χ0n) is 13.8. The van der Waals surface area contributed by atoms with Crippen LogP contribution in [0.4, 0.5) is 0 Å². The molecular weight excluding hydrogens is 355 g/mol. The van der Waals surface area contributed by atoms with E-state index in [2.05, 4.69) is 28.2 Å². The van der Waals surface area contributed by atoms with Crippen molar-refractivity contribution < 1.29 is 4.79 Å². The van der Waals surface area contributed by atoms with Crippen molar-refractivity contribution in [2.45, 2.75) is 36.9 Å². The van der Waals surface area contributed by atoms with Crippen LogP contribution < -0.4 is 0 Å². The topological polar surface area (TPSA) is 45.8 Å². The summed E-state index contributed by atoms with van der Waals surface area (Å²) in [5.41, 5.74) is 5.66. The van der Waals surface area contributed by atoms with Gasteiger partial charge in [0.15, 0.2) is 0 Å². The summed E-state index contributed by atoms with van der Waals surface area (Å²) >= 11 is 11.9. The standard InChI is InChI=1S/C20H20Cl2N2O/c21-11-14-7-8-19-18(10-14)17(6-2-1-5-16(22)13-25)20(24-19)15-4-3-9-23-12-15/h3-4,7-10,12-13,16,24H,1-2,5-6,11H2. The molecule has 1 N–H and O–H groups in total. The van der Waals surface area contributed by atoms with Gasteiger partial charge in [-0.3, -0.25) is 4.98 Å². The molecule has 0 aliphatic carbocycles. The van der Waals surface area contributed by atoms with Crippen molar-refractivity contribution in [1.29, 1.82) is 0 Å². The quantitative estimate of drug-likeness (QED) is 0.322. The molecule has 0 aliphatic rings. The molecule has 0 amide bonds. The average Bonchev–Trinajstić information content (AvgIpc) is 3.03. The van der Waals surface area contributed by atoms with Crippen molar-refractivity contribution in [2.24, 2.45) is 0 Å². The molecule has 5 heteroatoms. The van der Waals surface area contributed by atoms with Gasteiger partial charge in [-0.25, -0.2) is 0 Å². The molecule has 3 nitrogen and oxygen atoms in total.